The molecule has 1 saturated carbocycles. The van der Waals surface area contributed by atoms with Gasteiger partial charge in [0, 0.05) is 38.3 Å². The third-order valence-corrected chi connectivity index (χ3v) is 9.00. The minimum atomic E-state index is 0.0547. The number of carbonyl (C=O) groups excluding carboxylic acids is 1. The summed E-state index contributed by atoms with van der Waals surface area (Å²) in [5, 5.41) is 3.55. The number of benzene rings is 2. The van der Waals surface area contributed by atoms with Crippen LogP contribution in [-0.4, -0.2) is 61.5 Å². The Morgan fingerprint density at radius 1 is 1.11 bits per heavy atom. The van der Waals surface area contributed by atoms with Crippen molar-refractivity contribution in [1.82, 2.24) is 15.1 Å². The lowest BCUT2D eigenvalue weighted by atomic mass is 9.60. The number of piperazine rings is 1. The molecule has 1 aliphatic carbocycles. The summed E-state index contributed by atoms with van der Waals surface area (Å²) in [5.41, 5.74) is 5.43. The predicted molar refractivity (Wildman–Crippen MR) is 146 cm³/mol. The molecule has 2 aromatic carbocycles. The van der Waals surface area contributed by atoms with Crippen LogP contribution >= 0.6 is 0 Å². The number of rotatable bonds is 7. The number of hydrogen-bond donors (Lipinski definition) is 1. The monoisotopic (exact) mass is 489 g/mol. The molecule has 2 heterocycles. The van der Waals surface area contributed by atoms with E-state index in [0.29, 0.717) is 34.7 Å². The van der Waals surface area contributed by atoms with Gasteiger partial charge in [0.1, 0.15) is 5.75 Å². The molecule has 5 rings (SSSR count). The molecule has 0 radical (unpaired) electrons. The fourth-order valence-corrected chi connectivity index (χ4v) is 6.98. The van der Waals surface area contributed by atoms with Gasteiger partial charge in [0.15, 0.2) is 5.78 Å². The minimum absolute atomic E-state index is 0.0547. The zero-order valence-corrected chi connectivity index (χ0v) is 22.6. The van der Waals surface area contributed by atoms with Crippen LogP contribution in [0.2, 0.25) is 0 Å². The highest BCUT2D eigenvalue weighted by Gasteiger charge is 2.49. The lowest BCUT2D eigenvalue weighted by Gasteiger charge is -2.57. The number of carbonyl (C=O) groups is 1. The van der Waals surface area contributed by atoms with E-state index in [1.807, 2.05) is 12.1 Å². The highest BCUT2D eigenvalue weighted by molar-refractivity contribution is 5.97. The molecule has 3 fully saturated rings. The van der Waals surface area contributed by atoms with E-state index in [4.69, 9.17) is 4.74 Å². The van der Waals surface area contributed by atoms with Gasteiger partial charge in [-0.1, -0.05) is 44.2 Å². The second-order valence-corrected chi connectivity index (χ2v) is 11.7. The Hall–Kier alpha value is -2.21. The lowest BCUT2D eigenvalue weighted by molar-refractivity contribution is -0.0650. The molecule has 1 atom stereocenters. The van der Waals surface area contributed by atoms with Gasteiger partial charge in [-0.25, -0.2) is 0 Å². The Balaban J connectivity index is 1.37. The van der Waals surface area contributed by atoms with E-state index in [1.54, 1.807) is 14.0 Å². The van der Waals surface area contributed by atoms with Gasteiger partial charge in [-0.3, -0.25) is 14.6 Å². The summed E-state index contributed by atoms with van der Waals surface area (Å²) in [7, 11) is 1.63. The Morgan fingerprint density at radius 3 is 2.56 bits per heavy atom. The summed E-state index contributed by atoms with van der Waals surface area (Å²) >= 11 is 0. The molecule has 0 aromatic heterocycles. The molecular weight excluding hydrogens is 446 g/mol. The molecule has 1 unspecified atom stereocenters. The first kappa shape index (κ1) is 25.4. The highest BCUT2D eigenvalue weighted by Crippen LogP contribution is 2.52. The van der Waals surface area contributed by atoms with Crippen LogP contribution < -0.4 is 10.1 Å². The molecule has 5 nitrogen and oxygen atoms in total. The van der Waals surface area contributed by atoms with Crippen molar-refractivity contribution in [3.05, 3.63) is 64.7 Å². The number of ether oxygens (including phenoxy) is 1. The largest absolute Gasteiger partial charge is 0.496 e. The first-order valence-electron chi connectivity index (χ1n) is 13.8. The average Bonchev–Trinajstić information content (AvgIpc) is 2.87. The molecule has 0 bridgehead atoms. The second kappa shape index (κ2) is 10.6. The molecule has 0 amide bonds. The molecule has 194 valence electrons. The smallest absolute Gasteiger partial charge is 0.163 e. The van der Waals surface area contributed by atoms with Crippen LogP contribution in [-0.2, 0) is 6.54 Å². The number of Topliss-reactive ketones (excluding diaryl/α,β-unsaturated/α-hetero) is 1. The van der Waals surface area contributed by atoms with Crippen molar-refractivity contribution in [1.29, 1.82) is 0 Å². The van der Waals surface area contributed by atoms with Crippen LogP contribution in [0.4, 0.5) is 0 Å². The van der Waals surface area contributed by atoms with Gasteiger partial charge in [0.2, 0.25) is 0 Å². The number of methoxy groups -OCH3 is 1. The number of ketones is 1. The van der Waals surface area contributed by atoms with E-state index in [9.17, 15) is 4.79 Å². The number of hydrogen-bond acceptors (Lipinski definition) is 5. The van der Waals surface area contributed by atoms with Crippen LogP contribution in [0.5, 0.6) is 5.75 Å². The zero-order chi connectivity index (χ0) is 25.3. The summed E-state index contributed by atoms with van der Waals surface area (Å²) in [5.74, 6) is 1.23. The van der Waals surface area contributed by atoms with Crippen LogP contribution in [0.3, 0.4) is 0 Å². The molecule has 2 aromatic rings. The quantitative estimate of drug-likeness (QED) is 0.527. The van der Waals surface area contributed by atoms with E-state index in [2.05, 4.69) is 59.3 Å². The average molecular weight is 490 g/mol. The van der Waals surface area contributed by atoms with Crippen LogP contribution in [0.25, 0.3) is 0 Å². The first-order chi connectivity index (χ1) is 17.4. The van der Waals surface area contributed by atoms with Crippen molar-refractivity contribution in [2.24, 2.45) is 5.41 Å². The lowest BCUT2D eigenvalue weighted by Crippen LogP contribution is -2.59. The predicted octanol–water partition coefficient (Wildman–Crippen LogP) is 5.41. The molecule has 1 N–H and O–H groups in total. The van der Waals surface area contributed by atoms with Gasteiger partial charge in [0.05, 0.1) is 12.7 Å². The van der Waals surface area contributed by atoms with E-state index in [0.717, 1.165) is 26.2 Å². The van der Waals surface area contributed by atoms with Crippen LogP contribution in [0, 0.1) is 5.41 Å². The highest BCUT2D eigenvalue weighted by atomic mass is 16.5. The van der Waals surface area contributed by atoms with Gasteiger partial charge in [-0.15, -0.1) is 0 Å². The SMILES string of the molecule is COc1ccc(CN2CCN(C3CC4(CCNCC4)C3)C(c3ccccc3C(C)C)C2)cc1C(C)=O. The summed E-state index contributed by atoms with van der Waals surface area (Å²) in [6.45, 7) is 12.7. The molecule has 36 heavy (non-hydrogen) atoms. The van der Waals surface area contributed by atoms with E-state index >= 15 is 0 Å². The van der Waals surface area contributed by atoms with Gasteiger partial charge < -0.3 is 10.1 Å². The molecule has 2 saturated heterocycles. The van der Waals surface area contributed by atoms with E-state index in [-0.39, 0.29) is 5.78 Å². The number of nitrogens with zero attached hydrogens (tertiary/aromatic N) is 2. The summed E-state index contributed by atoms with van der Waals surface area (Å²) in [4.78, 5) is 17.6. The fourth-order valence-electron chi connectivity index (χ4n) is 6.98. The van der Waals surface area contributed by atoms with Crippen molar-refractivity contribution in [3.63, 3.8) is 0 Å². The van der Waals surface area contributed by atoms with Crippen molar-refractivity contribution >= 4 is 5.78 Å². The number of nitrogens with one attached hydrogen (secondary N) is 1. The fraction of sp³-hybridized carbons (Fsp3) is 0.581. The van der Waals surface area contributed by atoms with Gasteiger partial charge in [-0.2, -0.15) is 0 Å². The maximum atomic E-state index is 12.2. The summed E-state index contributed by atoms with van der Waals surface area (Å²) in [6.07, 6.45) is 5.39. The molecular formula is C31H43N3O2. The van der Waals surface area contributed by atoms with Crippen LogP contribution in [0.1, 0.15) is 85.5 Å². The summed E-state index contributed by atoms with van der Waals surface area (Å²) in [6, 6.07) is 16.3. The zero-order valence-electron chi connectivity index (χ0n) is 22.6. The minimum Gasteiger partial charge on any atom is -0.496 e. The Labute approximate surface area is 217 Å². The van der Waals surface area contributed by atoms with Crippen molar-refractivity contribution in [3.8, 4) is 5.75 Å². The molecule has 2 aliphatic heterocycles. The van der Waals surface area contributed by atoms with Crippen molar-refractivity contribution < 1.29 is 9.53 Å². The second-order valence-electron chi connectivity index (χ2n) is 11.7. The van der Waals surface area contributed by atoms with Crippen LogP contribution in [0.15, 0.2) is 42.5 Å². The van der Waals surface area contributed by atoms with Crippen molar-refractivity contribution in [2.75, 3.05) is 39.8 Å². The standard InChI is InChI=1S/C31H43N3O2/c1-22(2)26-7-5-6-8-27(26)29-21-33(20-24-9-10-30(36-4)28(17-24)23(3)35)15-16-34(29)25-18-31(19-25)11-13-32-14-12-31/h5-10,17,22,25,29,32H,11-16,18-21H2,1-4H3. The third kappa shape index (κ3) is 5.11. The maximum Gasteiger partial charge on any atom is 0.163 e. The third-order valence-electron chi connectivity index (χ3n) is 9.00. The number of piperidine rings is 1. The molecule has 1 spiro atoms. The van der Waals surface area contributed by atoms with E-state index in [1.165, 1.54) is 55.5 Å². The van der Waals surface area contributed by atoms with Gasteiger partial charge in [0.25, 0.3) is 0 Å². The molecule has 3 aliphatic rings. The normalized spacial score (nSPS) is 23.1. The Morgan fingerprint density at radius 2 is 1.86 bits per heavy atom. The van der Waals surface area contributed by atoms with E-state index < -0.39 is 0 Å². The van der Waals surface area contributed by atoms with Gasteiger partial charge in [-0.05, 0) is 85.9 Å². The first-order valence-corrected chi connectivity index (χ1v) is 13.8. The topological polar surface area (TPSA) is 44.8 Å². The Kier molecular flexibility index (Phi) is 7.52. The molecule has 5 heteroatoms. The summed E-state index contributed by atoms with van der Waals surface area (Å²) < 4.78 is 5.42. The Bertz CT molecular complexity index is 1070. The van der Waals surface area contributed by atoms with Crippen molar-refractivity contribution in [2.45, 2.75) is 71.0 Å². The van der Waals surface area contributed by atoms with Gasteiger partial charge >= 0.3 is 0 Å². The maximum absolute atomic E-state index is 12.2.